The van der Waals surface area contributed by atoms with Gasteiger partial charge in [0, 0.05) is 23.7 Å². The quantitative estimate of drug-likeness (QED) is 0.854. The van der Waals surface area contributed by atoms with Gasteiger partial charge in [-0.3, -0.25) is 4.98 Å². The fraction of sp³-hybridized carbons (Fsp3) is 0.500. The SMILES string of the molecule is CC(C)(C)CC(O)Cc1cc2ccncc2[nH]1. The number of aliphatic hydroxyl groups excluding tert-OH is 1. The molecule has 0 saturated carbocycles. The molecule has 0 spiro atoms. The van der Waals surface area contributed by atoms with Crippen molar-refractivity contribution in [3.63, 3.8) is 0 Å². The lowest BCUT2D eigenvalue weighted by Crippen LogP contribution is -2.19. The zero-order chi connectivity index (χ0) is 12.5. The van der Waals surface area contributed by atoms with Gasteiger partial charge < -0.3 is 10.1 Å². The Kier molecular flexibility index (Phi) is 3.20. The Bertz CT molecular complexity index is 463. The lowest BCUT2D eigenvalue weighted by Gasteiger charge is -2.21. The highest BCUT2D eigenvalue weighted by molar-refractivity contribution is 5.79. The summed E-state index contributed by atoms with van der Waals surface area (Å²) in [5.74, 6) is 0. The van der Waals surface area contributed by atoms with Gasteiger partial charge in [0.05, 0.1) is 17.8 Å². The second kappa shape index (κ2) is 4.49. The molecule has 0 aliphatic carbocycles. The molecular formula is C14H20N2O. The van der Waals surface area contributed by atoms with E-state index in [-0.39, 0.29) is 11.5 Å². The van der Waals surface area contributed by atoms with Gasteiger partial charge in [0.25, 0.3) is 0 Å². The fourth-order valence-corrected chi connectivity index (χ4v) is 2.18. The van der Waals surface area contributed by atoms with Crippen molar-refractivity contribution in [1.29, 1.82) is 0 Å². The van der Waals surface area contributed by atoms with E-state index < -0.39 is 0 Å². The maximum atomic E-state index is 10.0. The normalized spacial score (nSPS) is 14.1. The van der Waals surface area contributed by atoms with Gasteiger partial charge in [-0.1, -0.05) is 20.8 Å². The maximum absolute atomic E-state index is 10.0. The minimum Gasteiger partial charge on any atom is -0.393 e. The number of nitrogens with zero attached hydrogens (tertiary/aromatic N) is 1. The zero-order valence-electron chi connectivity index (χ0n) is 10.7. The first kappa shape index (κ1) is 12.1. The molecule has 0 radical (unpaired) electrons. The van der Waals surface area contributed by atoms with Gasteiger partial charge in [-0.2, -0.15) is 0 Å². The molecule has 0 aliphatic rings. The first-order valence-electron chi connectivity index (χ1n) is 6.04. The van der Waals surface area contributed by atoms with Crippen molar-refractivity contribution in [2.24, 2.45) is 5.41 Å². The lowest BCUT2D eigenvalue weighted by molar-refractivity contribution is 0.121. The van der Waals surface area contributed by atoms with Crippen molar-refractivity contribution < 1.29 is 5.11 Å². The zero-order valence-corrected chi connectivity index (χ0v) is 10.7. The molecule has 1 atom stereocenters. The summed E-state index contributed by atoms with van der Waals surface area (Å²) in [6.45, 7) is 6.43. The number of aliphatic hydroxyl groups is 1. The first-order chi connectivity index (χ1) is 7.94. The third-order valence-electron chi connectivity index (χ3n) is 2.78. The summed E-state index contributed by atoms with van der Waals surface area (Å²) >= 11 is 0. The summed E-state index contributed by atoms with van der Waals surface area (Å²) in [4.78, 5) is 7.36. The Morgan fingerprint density at radius 2 is 2.18 bits per heavy atom. The standard InChI is InChI=1S/C14H20N2O/c1-14(2,3)8-12(17)7-11-6-10-4-5-15-9-13(10)16-11/h4-6,9,12,16-17H,7-8H2,1-3H3. The Balaban J connectivity index is 2.08. The molecule has 2 N–H and O–H groups in total. The molecule has 92 valence electrons. The molecule has 17 heavy (non-hydrogen) atoms. The molecule has 0 bridgehead atoms. The van der Waals surface area contributed by atoms with E-state index >= 15 is 0 Å². The van der Waals surface area contributed by atoms with Crippen LogP contribution in [0.3, 0.4) is 0 Å². The third-order valence-corrected chi connectivity index (χ3v) is 2.78. The molecule has 3 heteroatoms. The van der Waals surface area contributed by atoms with Gasteiger partial charge in [-0.15, -0.1) is 0 Å². The number of rotatable bonds is 3. The molecule has 1 unspecified atom stereocenters. The smallest absolute Gasteiger partial charge is 0.0642 e. The van der Waals surface area contributed by atoms with Gasteiger partial charge in [-0.05, 0) is 24.0 Å². The minimum absolute atomic E-state index is 0.160. The Morgan fingerprint density at radius 1 is 1.41 bits per heavy atom. The van der Waals surface area contributed by atoms with E-state index in [1.165, 1.54) is 0 Å². The fourth-order valence-electron chi connectivity index (χ4n) is 2.18. The van der Waals surface area contributed by atoms with Gasteiger partial charge in [0.2, 0.25) is 0 Å². The molecule has 0 fully saturated rings. The van der Waals surface area contributed by atoms with Crippen LogP contribution in [0, 0.1) is 5.41 Å². The Morgan fingerprint density at radius 3 is 2.82 bits per heavy atom. The van der Waals surface area contributed by atoms with E-state index in [1.54, 1.807) is 6.20 Å². The molecule has 2 aromatic heterocycles. The summed E-state index contributed by atoms with van der Waals surface area (Å²) in [7, 11) is 0. The summed E-state index contributed by atoms with van der Waals surface area (Å²) in [5, 5.41) is 11.2. The minimum atomic E-state index is -0.295. The van der Waals surface area contributed by atoms with Crippen LogP contribution in [0.4, 0.5) is 0 Å². The van der Waals surface area contributed by atoms with Crippen LogP contribution in [0.15, 0.2) is 24.5 Å². The highest BCUT2D eigenvalue weighted by Crippen LogP contribution is 2.23. The molecule has 0 amide bonds. The number of aromatic nitrogens is 2. The number of H-pyrrole nitrogens is 1. The van der Waals surface area contributed by atoms with E-state index in [0.717, 1.165) is 23.0 Å². The van der Waals surface area contributed by atoms with Crippen LogP contribution in [0.1, 0.15) is 32.9 Å². The molecule has 0 saturated heterocycles. The third kappa shape index (κ3) is 3.30. The van der Waals surface area contributed by atoms with Gasteiger partial charge in [0.15, 0.2) is 0 Å². The van der Waals surface area contributed by atoms with E-state index in [2.05, 4.69) is 36.8 Å². The van der Waals surface area contributed by atoms with Crippen molar-refractivity contribution in [3.05, 3.63) is 30.2 Å². The monoisotopic (exact) mass is 232 g/mol. The Hall–Kier alpha value is -1.35. The predicted octanol–water partition coefficient (Wildman–Crippen LogP) is 2.90. The second-order valence-corrected chi connectivity index (χ2v) is 5.88. The number of hydrogen-bond donors (Lipinski definition) is 2. The van der Waals surface area contributed by atoms with Crippen LogP contribution in [0.25, 0.3) is 10.9 Å². The number of pyridine rings is 1. The topological polar surface area (TPSA) is 48.9 Å². The van der Waals surface area contributed by atoms with Crippen molar-refractivity contribution in [3.8, 4) is 0 Å². The summed E-state index contributed by atoms with van der Waals surface area (Å²) in [6.07, 6.45) is 4.78. The van der Waals surface area contributed by atoms with Crippen molar-refractivity contribution in [2.75, 3.05) is 0 Å². The number of fused-ring (bicyclic) bond motifs is 1. The molecular weight excluding hydrogens is 212 g/mol. The molecule has 3 nitrogen and oxygen atoms in total. The van der Waals surface area contributed by atoms with E-state index in [0.29, 0.717) is 6.42 Å². The summed E-state index contributed by atoms with van der Waals surface area (Å²) < 4.78 is 0. The molecule has 0 aliphatic heterocycles. The molecule has 0 aromatic carbocycles. The van der Waals surface area contributed by atoms with E-state index in [9.17, 15) is 5.11 Å². The van der Waals surface area contributed by atoms with Crippen LogP contribution < -0.4 is 0 Å². The summed E-state index contributed by atoms with van der Waals surface area (Å²) in [5.41, 5.74) is 2.27. The molecule has 2 heterocycles. The van der Waals surface area contributed by atoms with Gasteiger partial charge >= 0.3 is 0 Å². The van der Waals surface area contributed by atoms with Crippen LogP contribution in [0.2, 0.25) is 0 Å². The number of nitrogens with one attached hydrogen (secondary N) is 1. The van der Waals surface area contributed by atoms with Crippen LogP contribution in [-0.2, 0) is 6.42 Å². The van der Waals surface area contributed by atoms with Crippen molar-refractivity contribution in [2.45, 2.75) is 39.7 Å². The number of aromatic amines is 1. The largest absolute Gasteiger partial charge is 0.393 e. The predicted molar refractivity (Wildman–Crippen MR) is 69.9 cm³/mol. The highest BCUT2D eigenvalue weighted by Gasteiger charge is 2.17. The first-order valence-corrected chi connectivity index (χ1v) is 6.04. The Labute approximate surface area is 102 Å². The van der Waals surface area contributed by atoms with Gasteiger partial charge in [0.1, 0.15) is 0 Å². The van der Waals surface area contributed by atoms with E-state index in [4.69, 9.17) is 0 Å². The second-order valence-electron chi connectivity index (χ2n) is 5.88. The summed E-state index contributed by atoms with van der Waals surface area (Å²) in [6, 6.07) is 4.06. The average molecular weight is 232 g/mol. The van der Waals surface area contributed by atoms with Crippen molar-refractivity contribution in [1.82, 2.24) is 9.97 Å². The molecule has 2 aromatic rings. The van der Waals surface area contributed by atoms with Crippen molar-refractivity contribution >= 4 is 10.9 Å². The maximum Gasteiger partial charge on any atom is 0.0642 e. The average Bonchev–Trinajstić information content (AvgIpc) is 2.55. The van der Waals surface area contributed by atoms with Gasteiger partial charge in [-0.25, -0.2) is 0 Å². The van der Waals surface area contributed by atoms with Crippen LogP contribution in [-0.4, -0.2) is 21.2 Å². The number of hydrogen-bond acceptors (Lipinski definition) is 2. The van der Waals surface area contributed by atoms with Crippen LogP contribution >= 0.6 is 0 Å². The van der Waals surface area contributed by atoms with Crippen LogP contribution in [0.5, 0.6) is 0 Å². The molecule has 2 rings (SSSR count). The van der Waals surface area contributed by atoms with E-state index in [1.807, 2.05) is 12.3 Å². The lowest BCUT2D eigenvalue weighted by atomic mass is 9.88. The highest BCUT2D eigenvalue weighted by atomic mass is 16.3.